The number of Topliss-reactive ketones (excluding diaryl/α,β-unsaturated/α-hetero) is 1. The van der Waals surface area contributed by atoms with Crippen LogP contribution < -0.4 is 4.74 Å². The number of aryl methyl sites for hydroxylation is 1. The van der Waals surface area contributed by atoms with Crippen LogP contribution >= 0.6 is 0 Å². The van der Waals surface area contributed by atoms with Crippen LogP contribution in [0, 0.1) is 6.92 Å². The minimum atomic E-state index is -0.208. The maximum atomic E-state index is 11.5. The van der Waals surface area contributed by atoms with Gasteiger partial charge < -0.3 is 4.74 Å². The summed E-state index contributed by atoms with van der Waals surface area (Å²) in [5, 5.41) is 0. The Morgan fingerprint density at radius 3 is 2.52 bits per heavy atom. The average molecular weight is 278 g/mol. The van der Waals surface area contributed by atoms with Crippen molar-refractivity contribution < 1.29 is 9.53 Å². The Labute approximate surface area is 125 Å². The van der Waals surface area contributed by atoms with Crippen molar-refractivity contribution in [1.82, 2.24) is 0 Å². The van der Waals surface area contributed by atoms with Gasteiger partial charge in [0.2, 0.25) is 0 Å². The fourth-order valence-corrected chi connectivity index (χ4v) is 2.61. The first-order valence-corrected chi connectivity index (χ1v) is 7.17. The van der Waals surface area contributed by atoms with Gasteiger partial charge in [-0.3, -0.25) is 4.79 Å². The van der Waals surface area contributed by atoms with Crippen molar-refractivity contribution in [3.63, 3.8) is 0 Å². The molecule has 2 aromatic rings. The Kier molecular flexibility index (Phi) is 3.61. The number of para-hydroxylation sites is 1. The lowest BCUT2D eigenvalue weighted by Crippen LogP contribution is -2.24. The van der Waals surface area contributed by atoms with E-state index < -0.39 is 0 Å². The van der Waals surface area contributed by atoms with Crippen LogP contribution in [0.4, 0.5) is 0 Å². The molecule has 0 bridgehead atoms. The molecule has 0 aromatic heterocycles. The molecule has 0 amide bonds. The number of ketones is 1. The van der Waals surface area contributed by atoms with Gasteiger partial charge >= 0.3 is 0 Å². The zero-order valence-electron chi connectivity index (χ0n) is 12.3. The molecule has 2 heteroatoms. The van der Waals surface area contributed by atoms with Crippen LogP contribution in [0.3, 0.4) is 0 Å². The van der Waals surface area contributed by atoms with Crippen molar-refractivity contribution in [3.05, 3.63) is 65.2 Å². The number of rotatable bonds is 3. The molecule has 1 unspecified atom stereocenters. The minimum absolute atomic E-state index is 0.136. The first kappa shape index (κ1) is 13.6. The van der Waals surface area contributed by atoms with Gasteiger partial charge in [0, 0.05) is 17.6 Å². The van der Waals surface area contributed by atoms with Crippen LogP contribution in [0.5, 0.6) is 5.75 Å². The Hall–Kier alpha value is -2.35. The lowest BCUT2D eigenvalue weighted by atomic mass is 9.92. The molecule has 0 N–H and O–H groups in total. The van der Waals surface area contributed by atoms with Gasteiger partial charge in [-0.15, -0.1) is 0 Å². The highest BCUT2D eigenvalue weighted by Crippen LogP contribution is 2.35. The number of hydrogen-bond donors (Lipinski definition) is 0. The van der Waals surface area contributed by atoms with Crippen LogP contribution in [-0.2, 0) is 4.79 Å². The summed E-state index contributed by atoms with van der Waals surface area (Å²) in [5.41, 5.74) is 4.47. The Morgan fingerprint density at radius 1 is 1.10 bits per heavy atom. The quantitative estimate of drug-likeness (QED) is 0.837. The number of carbonyl (C=O) groups excluding carboxylic acids is 1. The molecule has 1 aliphatic rings. The predicted octanol–water partition coefficient (Wildman–Crippen LogP) is 4.28. The molecule has 1 atom stereocenters. The van der Waals surface area contributed by atoms with Crippen molar-refractivity contribution >= 4 is 17.4 Å². The number of benzene rings is 2. The fraction of sp³-hybridized carbons (Fsp3) is 0.211. The van der Waals surface area contributed by atoms with E-state index in [9.17, 15) is 4.79 Å². The second-order valence-corrected chi connectivity index (χ2v) is 5.52. The van der Waals surface area contributed by atoms with Gasteiger partial charge in [-0.2, -0.15) is 0 Å². The molecule has 0 saturated heterocycles. The van der Waals surface area contributed by atoms with Crippen LogP contribution in [0.2, 0.25) is 0 Å². The van der Waals surface area contributed by atoms with E-state index >= 15 is 0 Å². The summed E-state index contributed by atoms with van der Waals surface area (Å²) in [6.07, 6.45) is 2.32. The Morgan fingerprint density at radius 2 is 1.81 bits per heavy atom. The summed E-state index contributed by atoms with van der Waals surface area (Å²) in [4.78, 5) is 11.5. The van der Waals surface area contributed by atoms with E-state index in [1.54, 1.807) is 6.92 Å². The summed E-state index contributed by atoms with van der Waals surface area (Å²) in [7, 11) is 0. The summed E-state index contributed by atoms with van der Waals surface area (Å²) in [6.45, 7) is 3.68. The molecule has 0 fully saturated rings. The minimum Gasteiger partial charge on any atom is -0.485 e. The van der Waals surface area contributed by atoms with Crippen molar-refractivity contribution in [3.8, 4) is 5.75 Å². The zero-order chi connectivity index (χ0) is 14.8. The second kappa shape index (κ2) is 5.57. The van der Waals surface area contributed by atoms with Crippen LogP contribution in [0.1, 0.15) is 30.0 Å². The third-order valence-electron chi connectivity index (χ3n) is 3.70. The zero-order valence-corrected chi connectivity index (χ0v) is 12.3. The monoisotopic (exact) mass is 278 g/mol. The van der Waals surface area contributed by atoms with E-state index in [1.165, 1.54) is 5.56 Å². The SMILES string of the molecule is CC(=O)CC1Oc2ccccc2C=C1c1ccc(C)cc1. The third-order valence-corrected chi connectivity index (χ3v) is 3.70. The lowest BCUT2D eigenvalue weighted by molar-refractivity contribution is -0.118. The highest BCUT2D eigenvalue weighted by Gasteiger charge is 2.24. The normalized spacial score (nSPS) is 16.7. The lowest BCUT2D eigenvalue weighted by Gasteiger charge is -2.27. The van der Waals surface area contributed by atoms with Gasteiger partial charge in [-0.1, -0.05) is 48.0 Å². The van der Waals surface area contributed by atoms with Crippen molar-refractivity contribution in [2.24, 2.45) is 0 Å². The first-order chi connectivity index (χ1) is 10.1. The summed E-state index contributed by atoms with van der Waals surface area (Å²) >= 11 is 0. The van der Waals surface area contributed by atoms with Crippen molar-refractivity contribution in [1.29, 1.82) is 0 Å². The molecule has 106 valence electrons. The molecule has 3 rings (SSSR count). The van der Waals surface area contributed by atoms with Gasteiger partial charge in [-0.05, 0) is 31.6 Å². The van der Waals surface area contributed by atoms with E-state index in [0.717, 1.165) is 22.4 Å². The van der Waals surface area contributed by atoms with Crippen molar-refractivity contribution in [2.75, 3.05) is 0 Å². The van der Waals surface area contributed by atoms with E-state index in [2.05, 4.69) is 37.3 Å². The van der Waals surface area contributed by atoms with Crippen LogP contribution in [-0.4, -0.2) is 11.9 Å². The Balaban J connectivity index is 2.05. The molecule has 1 heterocycles. The second-order valence-electron chi connectivity index (χ2n) is 5.52. The molecule has 0 spiro atoms. The molecule has 0 aliphatic carbocycles. The molecule has 2 aromatic carbocycles. The fourth-order valence-electron chi connectivity index (χ4n) is 2.61. The van der Waals surface area contributed by atoms with Crippen LogP contribution in [0.15, 0.2) is 48.5 Å². The van der Waals surface area contributed by atoms with Gasteiger partial charge in [0.25, 0.3) is 0 Å². The largest absolute Gasteiger partial charge is 0.485 e. The highest BCUT2D eigenvalue weighted by atomic mass is 16.5. The number of fused-ring (bicyclic) bond motifs is 1. The van der Waals surface area contributed by atoms with E-state index in [0.29, 0.717) is 6.42 Å². The van der Waals surface area contributed by atoms with Gasteiger partial charge in [0.05, 0.1) is 0 Å². The highest BCUT2D eigenvalue weighted by molar-refractivity contribution is 5.90. The van der Waals surface area contributed by atoms with E-state index in [4.69, 9.17) is 4.74 Å². The molecule has 0 saturated carbocycles. The summed E-state index contributed by atoms with van der Waals surface area (Å²) in [5.74, 6) is 0.983. The third kappa shape index (κ3) is 2.89. The molecule has 1 aliphatic heterocycles. The molecular weight excluding hydrogens is 260 g/mol. The van der Waals surface area contributed by atoms with Crippen LogP contribution in [0.25, 0.3) is 11.6 Å². The van der Waals surface area contributed by atoms with E-state index in [-0.39, 0.29) is 11.9 Å². The molecular formula is C19H18O2. The maximum Gasteiger partial charge on any atom is 0.133 e. The summed E-state index contributed by atoms with van der Waals surface area (Å²) < 4.78 is 6.05. The Bertz CT molecular complexity index is 696. The molecule has 2 nitrogen and oxygen atoms in total. The molecule has 0 radical (unpaired) electrons. The first-order valence-electron chi connectivity index (χ1n) is 7.17. The smallest absolute Gasteiger partial charge is 0.133 e. The predicted molar refractivity (Wildman–Crippen MR) is 85.2 cm³/mol. The van der Waals surface area contributed by atoms with Gasteiger partial charge in [-0.25, -0.2) is 0 Å². The topological polar surface area (TPSA) is 26.3 Å². The van der Waals surface area contributed by atoms with E-state index in [1.807, 2.05) is 24.3 Å². The van der Waals surface area contributed by atoms with Crippen molar-refractivity contribution in [2.45, 2.75) is 26.4 Å². The number of carbonyl (C=O) groups is 1. The van der Waals surface area contributed by atoms with Gasteiger partial charge in [0.1, 0.15) is 17.6 Å². The standard InChI is InChI=1S/C19H18O2/c1-13-7-9-15(10-8-13)17-12-16-5-3-4-6-18(16)21-19(17)11-14(2)20/h3-10,12,19H,11H2,1-2H3. The number of ether oxygens (including phenoxy) is 1. The maximum absolute atomic E-state index is 11.5. The average Bonchev–Trinajstić information content (AvgIpc) is 2.47. The molecule has 21 heavy (non-hydrogen) atoms. The summed E-state index contributed by atoms with van der Waals surface area (Å²) in [6, 6.07) is 16.3. The number of hydrogen-bond acceptors (Lipinski definition) is 2. The van der Waals surface area contributed by atoms with Gasteiger partial charge in [0.15, 0.2) is 0 Å².